The Balaban J connectivity index is 2.07. The molecule has 4 nitrogen and oxygen atoms in total. The van der Waals surface area contributed by atoms with Gasteiger partial charge in [0.2, 0.25) is 11.4 Å². The molecule has 0 aliphatic heterocycles. The number of amides is 1. The number of fused-ring (bicyclic) bond motifs is 1. The van der Waals surface area contributed by atoms with Crippen LogP contribution in [-0.4, -0.2) is 28.7 Å². The maximum atomic E-state index is 12.8. The molecule has 2 rings (SSSR count). The van der Waals surface area contributed by atoms with Crippen LogP contribution in [0.25, 0.3) is 0 Å². The maximum Gasteiger partial charge on any atom is 0.422 e. The zero-order chi connectivity index (χ0) is 14.4. The molecule has 2 saturated carbocycles. The average molecular weight is 279 g/mol. The van der Waals surface area contributed by atoms with E-state index >= 15 is 0 Å². The van der Waals surface area contributed by atoms with Crippen LogP contribution in [0.1, 0.15) is 32.6 Å². The first-order valence-electron chi connectivity index (χ1n) is 6.30. The molecule has 1 amide bonds. The summed E-state index contributed by atoms with van der Waals surface area (Å²) in [4.78, 5) is 22.7. The summed E-state index contributed by atoms with van der Waals surface area (Å²) in [6.45, 7) is 0.485. The number of carbonyl (C=O) groups is 2. The number of carboxylic acid groups (broad SMARTS) is 1. The van der Waals surface area contributed by atoms with Crippen molar-refractivity contribution < 1.29 is 27.9 Å². The van der Waals surface area contributed by atoms with Gasteiger partial charge in [0.1, 0.15) is 0 Å². The number of hydrogen-bond donors (Lipinski definition) is 2. The van der Waals surface area contributed by atoms with Gasteiger partial charge in [-0.2, -0.15) is 13.2 Å². The van der Waals surface area contributed by atoms with Gasteiger partial charge in [0.15, 0.2) is 0 Å². The summed E-state index contributed by atoms with van der Waals surface area (Å²) in [6, 6.07) is 0. The van der Waals surface area contributed by atoms with Crippen LogP contribution >= 0.6 is 0 Å². The van der Waals surface area contributed by atoms with Gasteiger partial charge in [-0.25, -0.2) is 4.79 Å². The van der Waals surface area contributed by atoms with Crippen LogP contribution in [-0.2, 0) is 9.59 Å². The minimum Gasteiger partial charge on any atom is -0.479 e. The molecule has 7 heteroatoms. The molecular weight excluding hydrogens is 263 g/mol. The third-order valence-corrected chi connectivity index (χ3v) is 4.33. The summed E-state index contributed by atoms with van der Waals surface area (Å²) >= 11 is 0. The maximum absolute atomic E-state index is 12.8. The Morgan fingerprint density at radius 2 is 1.63 bits per heavy atom. The van der Waals surface area contributed by atoms with Crippen LogP contribution in [0.4, 0.5) is 13.2 Å². The third kappa shape index (κ3) is 2.30. The third-order valence-electron chi connectivity index (χ3n) is 4.33. The van der Waals surface area contributed by atoms with Gasteiger partial charge in [0, 0.05) is 5.92 Å². The molecule has 2 aliphatic rings. The van der Waals surface area contributed by atoms with Crippen LogP contribution in [0, 0.1) is 17.8 Å². The Bertz CT molecular complexity index is 398. The average Bonchev–Trinajstić information content (AvgIpc) is 3.00. The molecule has 0 aromatic heterocycles. The molecule has 0 saturated heterocycles. The van der Waals surface area contributed by atoms with E-state index in [-0.39, 0.29) is 11.8 Å². The number of hydrogen-bond acceptors (Lipinski definition) is 2. The molecule has 0 radical (unpaired) electrons. The molecule has 0 bridgehead atoms. The van der Waals surface area contributed by atoms with E-state index in [0.717, 1.165) is 25.7 Å². The van der Waals surface area contributed by atoms with Gasteiger partial charge in [-0.05, 0) is 31.6 Å². The SMILES string of the molecule is CC(NC(=O)C1C2CCCCC21)(C(=O)O)C(F)(F)F. The van der Waals surface area contributed by atoms with Crippen LogP contribution in [0.5, 0.6) is 0 Å². The van der Waals surface area contributed by atoms with Crippen LogP contribution in [0.3, 0.4) is 0 Å². The highest BCUT2D eigenvalue weighted by atomic mass is 19.4. The van der Waals surface area contributed by atoms with Crippen molar-refractivity contribution in [2.45, 2.75) is 44.3 Å². The molecule has 2 aliphatic carbocycles. The molecule has 0 heterocycles. The predicted octanol–water partition coefficient (Wildman–Crippen LogP) is 1.94. The Morgan fingerprint density at radius 3 is 2.00 bits per heavy atom. The summed E-state index contributed by atoms with van der Waals surface area (Å²) in [5.41, 5.74) is -3.21. The molecule has 108 valence electrons. The Kier molecular flexibility index (Phi) is 3.26. The fraction of sp³-hybridized carbons (Fsp3) is 0.833. The van der Waals surface area contributed by atoms with E-state index in [2.05, 4.69) is 0 Å². The van der Waals surface area contributed by atoms with E-state index < -0.39 is 29.5 Å². The number of alkyl halides is 3. The smallest absolute Gasteiger partial charge is 0.422 e. The van der Waals surface area contributed by atoms with E-state index in [4.69, 9.17) is 5.11 Å². The highest BCUT2D eigenvalue weighted by Gasteiger charge is 2.62. The van der Waals surface area contributed by atoms with Crippen LogP contribution in [0.2, 0.25) is 0 Å². The van der Waals surface area contributed by atoms with Crippen molar-refractivity contribution >= 4 is 11.9 Å². The summed E-state index contributed by atoms with van der Waals surface area (Å²) in [5, 5.41) is 10.4. The predicted molar refractivity (Wildman–Crippen MR) is 59.2 cm³/mol. The Morgan fingerprint density at radius 1 is 1.16 bits per heavy atom. The van der Waals surface area contributed by atoms with Crippen molar-refractivity contribution in [1.29, 1.82) is 0 Å². The van der Waals surface area contributed by atoms with Crippen molar-refractivity contribution in [3.63, 3.8) is 0 Å². The highest BCUT2D eigenvalue weighted by molar-refractivity contribution is 5.90. The minimum absolute atomic E-state index is 0.139. The van der Waals surface area contributed by atoms with Gasteiger partial charge >= 0.3 is 12.1 Å². The van der Waals surface area contributed by atoms with Crippen molar-refractivity contribution in [3.05, 3.63) is 0 Å². The molecule has 19 heavy (non-hydrogen) atoms. The van der Waals surface area contributed by atoms with E-state index in [0.29, 0.717) is 6.92 Å². The quantitative estimate of drug-likeness (QED) is 0.829. The normalized spacial score (nSPS) is 32.9. The number of carboxylic acids is 1. The Hall–Kier alpha value is -1.27. The Labute approximate surface area is 108 Å². The summed E-state index contributed by atoms with van der Waals surface area (Å²) in [6.07, 6.45) is -1.35. The zero-order valence-corrected chi connectivity index (χ0v) is 10.5. The second-order valence-corrected chi connectivity index (χ2v) is 5.56. The van der Waals surface area contributed by atoms with E-state index in [9.17, 15) is 22.8 Å². The van der Waals surface area contributed by atoms with Crippen molar-refractivity contribution in [2.24, 2.45) is 17.8 Å². The van der Waals surface area contributed by atoms with E-state index in [1.807, 2.05) is 0 Å². The lowest BCUT2D eigenvalue weighted by Crippen LogP contribution is -2.62. The topological polar surface area (TPSA) is 66.4 Å². The van der Waals surface area contributed by atoms with Crippen LogP contribution in [0.15, 0.2) is 0 Å². The van der Waals surface area contributed by atoms with Crippen LogP contribution < -0.4 is 5.32 Å². The summed E-state index contributed by atoms with van der Waals surface area (Å²) < 4.78 is 38.3. The number of carbonyl (C=O) groups excluding carboxylic acids is 1. The second kappa shape index (κ2) is 4.38. The second-order valence-electron chi connectivity index (χ2n) is 5.56. The van der Waals surface area contributed by atoms with Gasteiger partial charge in [0.25, 0.3) is 0 Å². The number of halogens is 3. The summed E-state index contributed by atoms with van der Waals surface area (Å²) in [7, 11) is 0. The van der Waals surface area contributed by atoms with Crippen molar-refractivity contribution in [2.75, 3.05) is 0 Å². The molecule has 0 aromatic rings. The number of rotatable bonds is 3. The first-order chi connectivity index (χ1) is 8.68. The molecule has 3 atom stereocenters. The number of aliphatic carboxylic acids is 1. The largest absolute Gasteiger partial charge is 0.479 e. The number of nitrogens with one attached hydrogen (secondary N) is 1. The lowest BCUT2D eigenvalue weighted by molar-refractivity contribution is -0.207. The van der Waals surface area contributed by atoms with Gasteiger partial charge in [-0.15, -0.1) is 0 Å². The first-order valence-corrected chi connectivity index (χ1v) is 6.30. The monoisotopic (exact) mass is 279 g/mol. The van der Waals surface area contributed by atoms with Crippen molar-refractivity contribution in [3.8, 4) is 0 Å². The van der Waals surface area contributed by atoms with E-state index in [1.54, 1.807) is 5.32 Å². The lowest BCUT2D eigenvalue weighted by atomic mass is 10.0. The van der Waals surface area contributed by atoms with Gasteiger partial charge in [0.05, 0.1) is 0 Å². The summed E-state index contributed by atoms with van der Waals surface area (Å²) in [5.74, 6) is -3.03. The lowest BCUT2D eigenvalue weighted by Gasteiger charge is -2.28. The standard InChI is InChI=1S/C12H16F3NO3/c1-11(10(18)19,12(13,14)15)16-9(17)8-6-4-2-3-5-7(6)8/h6-8H,2-5H2,1H3,(H,16,17)(H,18,19). The zero-order valence-electron chi connectivity index (χ0n) is 10.5. The van der Waals surface area contributed by atoms with Gasteiger partial charge in [-0.3, -0.25) is 4.79 Å². The molecule has 3 unspecified atom stereocenters. The van der Waals surface area contributed by atoms with Gasteiger partial charge in [-0.1, -0.05) is 12.8 Å². The first kappa shape index (κ1) is 14.1. The van der Waals surface area contributed by atoms with Crippen molar-refractivity contribution in [1.82, 2.24) is 5.32 Å². The fourth-order valence-electron chi connectivity index (χ4n) is 2.96. The molecular formula is C12H16F3NO3. The molecule has 2 fully saturated rings. The molecule has 2 N–H and O–H groups in total. The molecule has 0 aromatic carbocycles. The molecule has 0 spiro atoms. The van der Waals surface area contributed by atoms with E-state index in [1.165, 1.54) is 0 Å². The highest BCUT2D eigenvalue weighted by Crippen LogP contribution is 2.55. The fourth-order valence-corrected chi connectivity index (χ4v) is 2.96. The van der Waals surface area contributed by atoms with Gasteiger partial charge < -0.3 is 10.4 Å². The minimum atomic E-state index is -5.02.